The number of halogens is 1. The summed E-state index contributed by atoms with van der Waals surface area (Å²) in [7, 11) is 1.44. The van der Waals surface area contributed by atoms with Crippen molar-refractivity contribution >= 4 is 86.2 Å². The van der Waals surface area contributed by atoms with Gasteiger partial charge in [0.05, 0.1) is 29.3 Å². The third-order valence-corrected chi connectivity index (χ3v) is 12.7. The van der Waals surface area contributed by atoms with Crippen LogP contribution in [-0.2, 0) is 35.4 Å². The van der Waals surface area contributed by atoms with Gasteiger partial charge in [-0.1, -0.05) is 16.4 Å². The number of thioether (sulfide) groups is 1. The van der Waals surface area contributed by atoms with Crippen molar-refractivity contribution in [3.05, 3.63) is 86.8 Å². The van der Waals surface area contributed by atoms with Crippen molar-refractivity contribution in [2.24, 2.45) is 22.0 Å². The molecule has 0 spiro atoms. The smallest absolute Gasteiger partial charge is 0.350 e. The van der Waals surface area contributed by atoms with Gasteiger partial charge in [0.25, 0.3) is 11.8 Å². The summed E-state index contributed by atoms with van der Waals surface area (Å²) in [6.07, 6.45) is 6.57. The van der Waals surface area contributed by atoms with E-state index in [0.717, 1.165) is 35.1 Å². The molecule has 2 amide bonds. The summed E-state index contributed by atoms with van der Waals surface area (Å²) in [5.41, 5.74) is 9.48. The summed E-state index contributed by atoms with van der Waals surface area (Å²) in [6.45, 7) is 3.82. The maximum atomic E-state index is 14.9. The van der Waals surface area contributed by atoms with Gasteiger partial charge in [0.2, 0.25) is 11.0 Å². The number of nitrogens with zero attached hydrogens (tertiary/aromatic N) is 8. The number of carboxylic acid groups (broad SMARTS) is 3. The zero-order chi connectivity index (χ0) is 46.9. The normalized spacial score (nSPS) is 20.2. The molecular formula is C40H42FN11O11S2. The second kappa shape index (κ2) is 18.6. The Kier molecular flexibility index (Phi) is 13.2. The summed E-state index contributed by atoms with van der Waals surface area (Å²) in [4.78, 5) is 94.5. The van der Waals surface area contributed by atoms with Gasteiger partial charge in [-0.3, -0.25) is 19.3 Å². The standard InChI is InChI=1S/C22H22N6O7S2.C18H20FN5O4/c1-22(2,20(33)34)35-26-13(12-10-37-21(23)24-12)16(29)25-14-17(30)28-15(19(31)32)11(9-36-18(14)28)8-27-6-4-3-5-7-27;1-28-22-14-8-23(6-9(14)5-20)17-13(19)4-11-15(25)12(18(26)27)7-24(10-2-3-10)16(11)21-17/h3-7,10,14,18H,8-9H2,1-2H3,(H4-,23,24,25,29,31,32,33,34);4,7,9-10H,2-3,5-6,8,20H2,1H3,(H,26,27)/b26-13-;22-14+/t14-,18-;/m1./s1. The zero-order valence-corrected chi connectivity index (χ0v) is 36.5. The Bertz CT molecular complexity index is 2740. The number of oxime groups is 2. The summed E-state index contributed by atoms with van der Waals surface area (Å²) in [6, 6.07) is 5.50. The summed E-state index contributed by atoms with van der Waals surface area (Å²) < 4.78 is 18.3. The van der Waals surface area contributed by atoms with Crippen LogP contribution in [0.1, 0.15) is 48.8 Å². The first-order chi connectivity index (χ1) is 30.9. The van der Waals surface area contributed by atoms with Crippen molar-refractivity contribution in [1.82, 2.24) is 24.8 Å². The number of β-lactam (4-membered cyclic amide) rings is 1. The van der Waals surface area contributed by atoms with Gasteiger partial charge in [0, 0.05) is 60.1 Å². The van der Waals surface area contributed by atoms with Crippen molar-refractivity contribution in [2.75, 3.05) is 43.1 Å². The summed E-state index contributed by atoms with van der Waals surface area (Å²) in [5, 5.41) is 41.6. The van der Waals surface area contributed by atoms with E-state index in [1.807, 2.05) is 6.07 Å². The summed E-state index contributed by atoms with van der Waals surface area (Å²) >= 11 is 2.32. The molecule has 65 heavy (non-hydrogen) atoms. The Morgan fingerprint density at radius 3 is 2.46 bits per heavy atom. The maximum Gasteiger partial charge on any atom is 0.350 e. The van der Waals surface area contributed by atoms with E-state index in [9.17, 15) is 48.5 Å². The molecule has 7 N–H and O–H groups in total. The van der Waals surface area contributed by atoms with Gasteiger partial charge in [-0.2, -0.15) is 0 Å². The number of carbonyl (C=O) groups is 5. The largest absolute Gasteiger partial charge is 0.543 e. The molecular weight excluding hydrogens is 894 g/mol. The molecule has 8 rings (SSSR count). The van der Waals surface area contributed by atoms with Gasteiger partial charge >= 0.3 is 11.9 Å². The van der Waals surface area contributed by atoms with Crippen molar-refractivity contribution < 1.29 is 57.9 Å². The molecule has 4 aromatic heterocycles. The molecule has 1 aliphatic carbocycles. The Labute approximate surface area is 376 Å². The highest BCUT2D eigenvalue weighted by Gasteiger charge is 2.53. The Morgan fingerprint density at radius 1 is 1.14 bits per heavy atom. The SMILES string of the molecule is CC(C)(O/N=C(\C(=O)N[C@@H]1C(=O)N2C(C(=O)[O-])=C(C[n+]3ccccc3)CS[C@H]12)c1csc(N)n1)C(=O)O.CO/N=C1\CN(c2nc3c(cc2F)c(=O)c(C(=O)O)cn3C2CC2)CC1CN. The maximum absolute atomic E-state index is 14.9. The number of hydrogen-bond acceptors (Lipinski definition) is 18. The van der Waals surface area contributed by atoms with E-state index >= 15 is 0 Å². The van der Waals surface area contributed by atoms with Gasteiger partial charge in [-0.25, -0.2) is 28.5 Å². The lowest BCUT2D eigenvalue weighted by Gasteiger charge is -2.50. The van der Waals surface area contributed by atoms with Crippen LogP contribution in [0, 0.1) is 11.7 Å². The molecule has 3 fully saturated rings. The number of thiazole rings is 1. The molecule has 2 saturated heterocycles. The molecule has 0 radical (unpaired) electrons. The number of amides is 2. The third-order valence-electron chi connectivity index (χ3n) is 10.7. The second-order valence-electron chi connectivity index (χ2n) is 15.6. The van der Waals surface area contributed by atoms with Crippen molar-refractivity contribution in [3.63, 3.8) is 0 Å². The molecule has 22 nitrogen and oxygen atoms in total. The van der Waals surface area contributed by atoms with Crippen LogP contribution >= 0.6 is 23.1 Å². The van der Waals surface area contributed by atoms with E-state index in [1.54, 1.807) is 38.6 Å². The minimum Gasteiger partial charge on any atom is -0.543 e. The molecule has 4 aromatic rings. The first kappa shape index (κ1) is 46.0. The van der Waals surface area contributed by atoms with Gasteiger partial charge in [-0.05, 0) is 32.8 Å². The second-order valence-corrected chi connectivity index (χ2v) is 17.6. The fourth-order valence-electron chi connectivity index (χ4n) is 7.16. The molecule has 1 unspecified atom stereocenters. The highest BCUT2D eigenvalue weighted by Crippen LogP contribution is 2.40. The number of carboxylic acids is 3. The van der Waals surface area contributed by atoms with Crippen molar-refractivity contribution in [3.8, 4) is 0 Å². The minimum absolute atomic E-state index is 0.0265. The number of pyridine rings is 3. The van der Waals surface area contributed by atoms with Crippen LogP contribution in [-0.4, -0.2) is 120 Å². The lowest BCUT2D eigenvalue weighted by molar-refractivity contribution is -0.689. The number of aromatic carboxylic acids is 1. The predicted molar refractivity (Wildman–Crippen MR) is 230 cm³/mol. The molecule has 7 heterocycles. The first-order valence-corrected chi connectivity index (χ1v) is 21.7. The number of nitrogens with two attached hydrogens (primary N) is 2. The van der Waals surface area contributed by atoms with Crippen LogP contribution in [0.5, 0.6) is 0 Å². The Hall–Kier alpha value is -6.99. The fraction of sp³-hybridized carbons (Fsp3) is 0.375. The molecule has 1 saturated carbocycles. The minimum atomic E-state index is -1.75. The van der Waals surface area contributed by atoms with Crippen LogP contribution in [0.4, 0.5) is 15.3 Å². The van der Waals surface area contributed by atoms with Gasteiger partial charge in [0.1, 0.15) is 35.4 Å². The zero-order valence-electron chi connectivity index (χ0n) is 34.9. The Balaban J connectivity index is 0.000000201. The van der Waals surface area contributed by atoms with Crippen LogP contribution in [0.25, 0.3) is 11.0 Å². The molecule has 3 aliphatic heterocycles. The van der Waals surface area contributed by atoms with E-state index in [1.165, 1.54) is 44.3 Å². The predicted octanol–water partition coefficient (Wildman–Crippen LogP) is -0.333. The van der Waals surface area contributed by atoms with Crippen LogP contribution in [0.15, 0.2) is 74.6 Å². The number of aliphatic carboxylic acids is 2. The summed E-state index contributed by atoms with van der Waals surface area (Å²) in [5.74, 6) is -6.03. The average Bonchev–Trinajstić information content (AvgIpc) is 3.90. The quantitative estimate of drug-likeness (QED) is 0.0468. The lowest BCUT2D eigenvalue weighted by atomic mass is 10.0. The van der Waals surface area contributed by atoms with Crippen LogP contribution < -0.4 is 36.8 Å². The number of fused-ring (bicyclic) bond motifs is 2. The first-order valence-electron chi connectivity index (χ1n) is 19.8. The molecule has 3 atom stereocenters. The van der Waals surface area contributed by atoms with Crippen molar-refractivity contribution in [2.45, 2.75) is 56.3 Å². The molecule has 0 aromatic carbocycles. The van der Waals surface area contributed by atoms with Crippen LogP contribution in [0.2, 0.25) is 0 Å². The molecule has 342 valence electrons. The van der Waals surface area contributed by atoms with E-state index in [2.05, 4.69) is 25.6 Å². The molecule has 25 heteroatoms. The van der Waals surface area contributed by atoms with Crippen LogP contribution in [0.3, 0.4) is 0 Å². The number of nitrogens with one attached hydrogen (secondary N) is 1. The topological polar surface area (TPSA) is 314 Å². The number of hydrogen-bond donors (Lipinski definition) is 5. The number of aromatic nitrogens is 4. The van der Waals surface area contributed by atoms with Crippen molar-refractivity contribution in [1.29, 1.82) is 0 Å². The fourth-order valence-corrected chi connectivity index (χ4v) is 9.04. The average molecular weight is 936 g/mol. The number of carbonyl (C=O) groups excluding carboxylic acids is 3. The third kappa shape index (κ3) is 9.46. The number of anilines is 2. The lowest BCUT2D eigenvalue weighted by Crippen LogP contribution is -2.71. The number of nitrogen functional groups attached to an aromatic ring is 1. The van der Waals surface area contributed by atoms with Gasteiger partial charge in [0.15, 0.2) is 41.4 Å². The molecule has 0 bridgehead atoms. The highest BCUT2D eigenvalue weighted by atomic mass is 32.2. The highest BCUT2D eigenvalue weighted by molar-refractivity contribution is 8.00. The van der Waals surface area contributed by atoms with Gasteiger partial charge < -0.3 is 56.0 Å². The van der Waals surface area contributed by atoms with E-state index in [0.29, 0.717) is 36.7 Å². The van der Waals surface area contributed by atoms with E-state index in [4.69, 9.17) is 21.1 Å². The number of rotatable bonds is 14. The monoisotopic (exact) mass is 935 g/mol. The van der Waals surface area contributed by atoms with Gasteiger partial charge in [-0.15, -0.1) is 23.1 Å². The Morgan fingerprint density at radius 2 is 1.86 bits per heavy atom. The van der Waals surface area contributed by atoms with E-state index < -0.39 is 58.0 Å². The van der Waals surface area contributed by atoms with E-state index in [-0.39, 0.29) is 63.2 Å². The molecule has 4 aliphatic rings.